The first-order valence-corrected chi connectivity index (χ1v) is 11.3. The van der Waals surface area contributed by atoms with Gasteiger partial charge in [-0.15, -0.1) is 0 Å². The van der Waals surface area contributed by atoms with Gasteiger partial charge in [-0.2, -0.15) is 0 Å². The largest absolute Gasteiger partial charge is 0.467 e. The molecule has 0 aliphatic heterocycles. The Morgan fingerprint density at radius 2 is 2.00 bits per heavy atom. The molecule has 1 rings (SSSR count). The van der Waals surface area contributed by atoms with Gasteiger partial charge in [-0.1, -0.05) is 45.1 Å². The summed E-state index contributed by atoms with van der Waals surface area (Å²) in [7, 11) is -0.0170. The van der Waals surface area contributed by atoms with Gasteiger partial charge in [0.1, 0.15) is 11.7 Å². The maximum atomic E-state index is 12.3. The number of hydrogen-bond donors (Lipinski definition) is 1. The highest BCUT2D eigenvalue weighted by molar-refractivity contribution is 6.76. The van der Waals surface area contributed by atoms with Gasteiger partial charge >= 0.3 is 5.97 Å². The van der Waals surface area contributed by atoms with Gasteiger partial charge in [-0.05, 0) is 18.1 Å². The second-order valence-corrected chi connectivity index (χ2v) is 12.2. The van der Waals surface area contributed by atoms with Gasteiger partial charge in [-0.3, -0.25) is 9.78 Å². The van der Waals surface area contributed by atoms with E-state index in [1.807, 2.05) is 6.92 Å². The van der Waals surface area contributed by atoms with Crippen molar-refractivity contribution in [3.63, 3.8) is 0 Å². The number of aromatic nitrogens is 1. The fourth-order valence-electron chi connectivity index (χ4n) is 2.49. The summed E-state index contributed by atoms with van der Waals surface area (Å²) >= 11 is 0. The number of hydrogen-bond acceptors (Lipinski definition) is 4. The van der Waals surface area contributed by atoms with E-state index < -0.39 is 20.1 Å². The van der Waals surface area contributed by atoms with Crippen LogP contribution in [0.3, 0.4) is 0 Å². The zero-order valence-electron chi connectivity index (χ0n) is 14.1. The van der Waals surface area contributed by atoms with E-state index in [1.54, 1.807) is 24.4 Å². The van der Waals surface area contributed by atoms with E-state index in [0.717, 1.165) is 12.5 Å². The summed E-state index contributed by atoms with van der Waals surface area (Å²) in [6.07, 6.45) is 2.37. The summed E-state index contributed by atoms with van der Waals surface area (Å²) in [5.74, 6) is -0.661. The van der Waals surface area contributed by atoms with Crippen LogP contribution in [0.25, 0.3) is 0 Å². The Kier molecular flexibility index (Phi) is 6.74. The summed E-state index contributed by atoms with van der Waals surface area (Å²) in [4.78, 5) is 28.4. The first-order valence-electron chi connectivity index (χ1n) is 7.58. The Morgan fingerprint density at radius 1 is 1.32 bits per heavy atom. The predicted molar refractivity (Wildman–Crippen MR) is 89.4 cm³/mol. The van der Waals surface area contributed by atoms with Gasteiger partial charge in [-0.25, -0.2) is 4.79 Å². The molecule has 1 heterocycles. The molecular weight excluding hydrogens is 296 g/mol. The van der Waals surface area contributed by atoms with Crippen molar-refractivity contribution in [3.05, 3.63) is 30.1 Å². The van der Waals surface area contributed by atoms with E-state index in [9.17, 15) is 9.59 Å². The van der Waals surface area contributed by atoms with Gasteiger partial charge in [0.25, 0.3) is 5.91 Å². The molecule has 1 unspecified atom stereocenters. The lowest BCUT2D eigenvalue weighted by atomic mass is 9.98. The van der Waals surface area contributed by atoms with Crippen LogP contribution in [0, 0.1) is 5.92 Å². The molecule has 0 radical (unpaired) electrons. The lowest BCUT2D eigenvalue weighted by molar-refractivity contribution is -0.144. The van der Waals surface area contributed by atoms with Crippen LogP contribution in [0.2, 0.25) is 25.7 Å². The second kappa shape index (κ2) is 8.08. The van der Waals surface area contributed by atoms with Crippen LogP contribution in [-0.4, -0.2) is 38.1 Å². The van der Waals surface area contributed by atoms with Gasteiger partial charge in [0.05, 0.1) is 7.11 Å². The van der Waals surface area contributed by atoms with Crippen LogP contribution in [0.1, 0.15) is 23.8 Å². The maximum absolute atomic E-state index is 12.3. The van der Waals surface area contributed by atoms with E-state index in [2.05, 4.69) is 29.9 Å². The van der Waals surface area contributed by atoms with E-state index >= 15 is 0 Å². The average Bonchev–Trinajstić information content (AvgIpc) is 2.49. The summed E-state index contributed by atoms with van der Waals surface area (Å²) in [6, 6.07) is 5.44. The van der Waals surface area contributed by atoms with Crippen LogP contribution >= 0.6 is 0 Å². The Labute approximate surface area is 133 Å². The molecule has 1 amide bonds. The van der Waals surface area contributed by atoms with Crippen molar-refractivity contribution in [2.75, 3.05) is 7.11 Å². The number of amides is 1. The summed E-state index contributed by atoms with van der Waals surface area (Å²) in [5.41, 5.74) is 0.305. The third kappa shape index (κ3) is 5.59. The Bertz CT molecular complexity index is 500. The normalized spacial score (nSPS) is 14.0. The second-order valence-electron chi connectivity index (χ2n) is 6.62. The molecule has 0 aliphatic rings. The molecule has 1 aromatic heterocycles. The number of rotatable bonds is 7. The number of nitrogens with zero attached hydrogens (tertiary/aromatic N) is 1. The molecule has 1 N–H and O–H groups in total. The van der Waals surface area contributed by atoms with Gasteiger partial charge in [0.2, 0.25) is 0 Å². The first-order chi connectivity index (χ1) is 10.3. The lowest BCUT2D eigenvalue weighted by Gasteiger charge is -2.29. The highest BCUT2D eigenvalue weighted by atomic mass is 28.3. The first kappa shape index (κ1) is 18.4. The smallest absolute Gasteiger partial charge is 0.328 e. The average molecular weight is 322 g/mol. The maximum Gasteiger partial charge on any atom is 0.328 e. The highest BCUT2D eigenvalue weighted by Crippen LogP contribution is 2.23. The van der Waals surface area contributed by atoms with Crippen molar-refractivity contribution in [2.24, 2.45) is 5.92 Å². The molecular formula is C16H26N2O3Si. The van der Waals surface area contributed by atoms with Gasteiger partial charge in [0.15, 0.2) is 0 Å². The molecule has 0 aliphatic carbocycles. The number of carbonyl (C=O) groups excluding carboxylic acids is 2. The molecule has 6 heteroatoms. The number of pyridine rings is 1. The van der Waals surface area contributed by atoms with E-state index in [-0.39, 0.29) is 11.8 Å². The fourth-order valence-corrected chi connectivity index (χ4v) is 4.59. The molecule has 0 saturated carbocycles. The molecule has 0 bridgehead atoms. The van der Waals surface area contributed by atoms with Crippen LogP contribution in [-0.2, 0) is 9.53 Å². The highest BCUT2D eigenvalue weighted by Gasteiger charge is 2.33. The molecule has 0 aromatic carbocycles. The zero-order chi connectivity index (χ0) is 16.8. The molecule has 0 fully saturated rings. The van der Waals surface area contributed by atoms with E-state index in [1.165, 1.54) is 7.11 Å². The number of esters is 1. The molecule has 5 nitrogen and oxygen atoms in total. The van der Waals surface area contributed by atoms with Crippen molar-refractivity contribution < 1.29 is 14.3 Å². The molecule has 2 atom stereocenters. The Balaban J connectivity index is 2.92. The van der Waals surface area contributed by atoms with E-state index in [0.29, 0.717) is 5.69 Å². The lowest BCUT2D eigenvalue weighted by Crippen LogP contribution is -2.48. The van der Waals surface area contributed by atoms with E-state index in [4.69, 9.17) is 4.74 Å². The third-order valence-corrected chi connectivity index (χ3v) is 5.26. The standard InChI is InChI=1S/C16H26N2O3Si/c1-6-12(11-22(3,4)5)14(16(20)21-2)18-15(19)13-9-7-8-10-17-13/h7-10,12,14H,6,11H2,1-5H3,(H,18,19)/t12?,14-/m0/s1. The molecule has 1 aromatic rings. The zero-order valence-corrected chi connectivity index (χ0v) is 15.1. The monoisotopic (exact) mass is 322 g/mol. The van der Waals surface area contributed by atoms with Crippen molar-refractivity contribution in [2.45, 2.75) is 45.1 Å². The van der Waals surface area contributed by atoms with Crippen molar-refractivity contribution in [3.8, 4) is 0 Å². The van der Waals surface area contributed by atoms with Crippen LogP contribution < -0.4 is 5.32 Å². The molecule has 22 heavy (non-hydrogen) atoms. The Morgan fingerprint density at radius 3 is 2.45 bits per heavy atom. The summed E-state index contributed by atoms with van der Waals surface area (Å²) in [5, 5.41) is 2.80. The molecule has 0 spiro atoms. The Hall–Kier alpha value is -1.69. The van der Waals surface area contributed by atoms with Crippen molar-refractivity contribution in [1.29, 1.82) is 0 Å². The minimum atomic E-state index is -1.37. The van der Waals surface area contributed by atoms with Crippen LogP contribution in [0.15, 0.2) is 24.4 Å². The number of nitrogens with one attached hydrogen (secondary N) is 1. The summed E-state index contributed by atoms with van der Waals surface area (Å²) < 4.78 is 4.89. The third-order valence-electron chi connectivity index (χ3n) is 3.51. The van der Waals surface area contributed by atoms with Crippen molar-refractivity contribution in [1.82, 2.24) is 10.3 Å². The number of ether oxygens (including phenoxy) is 1. The fraction of sp³-hybridized carbons (Fsp3) is 0.562. The predicted octanol–water partition coefficient (Wildman–Crippen LogP) is 2.72. The van der Waals surface area contributed by atoms with Crippen LogP contribution in [0.4, 0.5) is 0 Å². The minimum Gasteiger partial charge on any atom is -0.467 e. The number of carbonyl (C=O) groups is 2. The SMILES string of the molecule is CCC(C[Si](C)(C)C)[C@H](NC(=O)c1ccccn1)C(=O)OC. The van der Waals surface area contributed by atoms with Crippen LogP contribution in [0.5, 0.6) is 0 Å². The van der Waals surface area contributed by atoms with Gasteiger partial charge in [0, 0.05) is 14.3 Å². The topological polar surface area (TPSA) is 68.3 Å². The molecule has 122 valence electrons. The molecule has 0 saturated heterocycles. The van der Waals surface area contributed by atoms with Crippen molar-refractivity contribution >= 4 is 20.0 Å². The quantitative estimate of drug-likeness (QED) is 0.619. The summed E-state index contributed by atoms with van der Waals surface area (Å²) in [6.45, 7) is 8.80. The number of methoxy groups -OCH3 is 1. The van der Waals surface area contributed by atoms with Gasteiger partial charge < -0.3 is 10.1 Å². The minimum absolute atomic E-state index is 0.0757.